The number of piperidine rings is 1. The van der Waals surface area contributed by atoms with Crippen molar-refractivity contribution in [3.05, 3.63) is 0 Å². The molecule has 3 fully saturated rings. The molecule has 0 unspecified atom stereocenters. The molecule has 3 saturated heterocycles. The first-order valence-corrected chi connectivity index (χ1v) is 11.4. The number of rotatable bonds is 8. The van der Waals surface area contributed by atoms with Crippen LogP contribution in [0.4, 0.5) is 4.79 Å². The van der Waals surface area contributed by atoms with E-state index in [0.29, 0.717) is 32.5 Å². The molecule has 3 heterocycles. The van der Waals surface area contributed by atoms with Crippen LogP contribution in [0.2, 0.25) is 0 Å². The molecular formula is C21H39N5O3. The van der Waals surface area contributed by atoms with E-state index in [1.54, 1.807) is 0 Å². The Hall–Kier alpha value is -1.38. The summed E-state index contributed by atoms with van der Waals surface area (Å²) in [6.45, 7) is 13.6. The molecule has 0 aromatic heterocycles. The predicted octanol–water partition coefficient (Wildman–Crippen LogP) is 0.955. The lowest BCUT2D eigenvalue weighted by Crippen LogP contribution is -2.52. The highest BCUT2D eigenvalue weighted by molar-refractivity contribution is 5.81. The molecule has 166 valence electrons. The maximum absolute atomic E-state index is 12.4. The van der Waals surface area contributed by atoms with E-state index in [1.807, 2.05) is 16.7 Å². The van der Waals surface area contributed by atoms with Crippen LogP contribution in [0.25, 0.3) is 0 Å². The van der Waals surface area contributed by atoms with Crippen LogP contribution in [-0.4, -0.2) is 109 Å². The molecule has 3 rings (SSSR count). The first-order valence-electron chi connectivity index (χ1n) is 11.4. The Balaban J connectivity index is 1.39. The minimum absolute atomic E-state index is 0.0334. The normalized spacial score (nSPS) is 24.2. The van der Waals surface area contributed by atoms with Crippen molar-refractivity contribution in [2.45, 2.75) is 57.6 Å². The Morgan fingerprint density at radius 2 is 1.72 bits per heavy atom. The third-order valence-electron chi connectivity index (χ3n) is 6.76. The molecule has 2 N–H and O–H groups in total. The molecule has 8 nitrogen and oxygen atoms in total. The van der Waals surface area contributed by atoms with E-state index < -0.39 is 11.6 Å². The summed E-state index contributed by atoms with van der Waals surface area (Å²) in [6.07, 6.45) is 3.83. The zero-order chi connectivity index (χ0) is 20.9. The van der Waals surface area contributed by atoms with Crippen molar-refractivity contribution >= 4 is 12.0 Å². The summed E-state index contributed by atoms with van der Waals surface area (Å²) in [4.78, 5) is 33.5. The lowest BCUT2D eigenvalue weighted by Gasteiger charge is -2.38. The van der Waals surface area contributed by atoms with Gasteiger partial charge in [0.25, 0.3) is 0 Å². The van der Waals surface area contributed by atoms with E-state index in [9.17, 15) is 9.59 Å². The summed E-state index contributed by atoms with van der Waals surface area (Å²) >= 11 is 0. The number of carbonyl (C=O) groups is 2. The first-order chi connectivity index (χ1) is 14.0. The van der Waals surface area contributed by atoms with E-state index >= 15 is 0 Å². The molecule has 29 heavy (non-hydrogen) atoms. The fourth-order valence-electron chi connectivity index (χ4n) is 4.74. The van der Waals surface area contributed by atoms with E-state index in [1.165, 1.54) is 0 Å². The smallest absolute Gasteiger partial charge is 0.410 e. The van der Waals surface area contributed by atoms with Gasteiger partial charge >= 0.3 is 6.09 Å². The highest BCUT2D eigenvalue weighted by atomic mass is 16.6. The van der Waals surface area contributed by atoms with Crippen LogP contribution in [-0.2, 0) is 9.53 Å². The lowest BCUT2D eigenvalue weighted by molar-refractivity contribution is -0.136. The predicted molar refractivity (Wildman–Crippen MR) is 113 cm³/mol. The van der Waals surface area contributed by atoms with Gasteiger partial charge in [0, 0.05) is 58.7 Å². The second kappa shape index (κ2) is 10.1. The van der Waals surface area contributed by atoms with Gasteiger partial charge in [-0.25, -0.2) is 4.79 Å². The average molecular weight is 410 g/mol. The summed E-state index contributed by atoms with van der Waals surface area (Å²) in [5.74, 6) is 0.0334. The molecule has 8 heteroatoms. The Kier molecular flexibility index (Phi) is 7.76. The number of hydrogen-bond donors (Lipinski definition) is 1. The summed E-state index contributed by atoms with van der Waals surface area (Å²) < 4.78 is 5.81. The molecule has 0 radical (unpaired) electrons. The van der Waals surface area contributed by atoms with Gasteiger partial charge < -0.3 is 30.1 Å². The highest BCUT2D eigenvalue weighted by Gasteiger charge is 2.47. The maximum Gasteiger partial charge on any atom is 0.410 e. The summed E-state index contributed by atoms with van der Waals surface area (Å²) in [6, 6.07) is -0.407. The highest BCUT2D eigenvalue weighted by Crippen LogP contribution is 2.33. The monoisotopic (exact) mass is 409 g/mol. The fraction of sp³-hybridized carbons (Fsp3) is 0.905. The van der Waals surface area contributed by atoms with Crippen LogP contribution in [0.5, 0.6) is 0 Å². The molecule has 0 aliphatic carbocycles. The van der Waals surface area contributed by atoms with E-state index in [-0.39, 0.29) is 12.0 Å². The van der Waals surface area contributed by atoms with Crippen molar-refractivity contribution < 1.29 is 14.3 Å². The summed E-state index contributed by atoms with van der Waals surface area (Å²) in [5, 5.41) is 0. The third-order valence-corrected chi connectivity index (χ3v) is 6.76. The second-order valence-corrected chi connectivity index (χ2v) is 8.82. The van der Waals surface area contributed by atoms with Crippen LogP contribution in [0.3, 0.4) is 0 Å². The largest absolute Gasteiger partial charge is 0.441 e. The van der Waals surface area contributed by atoms with Gasteiger partial charge in [0.05, 0.1) is 12.6 Å². The molecule has 1 spiro atoms. The topological polar surface area (TPSA) is 82.4 Å². The quantitative estimate of drug-likeness (QED) is 0.643. The molecular weight excluding hydrogens is 370 g/mol. The second-order valence-electron chi connectivity index (χ2n) is 8.82. The number of piperazine rings is 1. The van der Waals surface area contributed by atoms with Crippen LogP contribution in [0.15, 0.2) is 0 Å². The van der Waals surface area contributed by atoms with Gasteiger partial charge in [-0.1, -0.05) is 20.3 Å². The van der Waals surface area contributed by atoms with Gasteiger partial charge in [-0.15, -0.1) is 0 Å². The maximum atomic E-state index is 12.4. The summed E-state index contributed by atoms with van der Waals surface area (Å²) in [7, 11) is 0. The van der Waals surface area contributed by atoms with Crippen molar-refractivity contribution in [2.24, 2.45) is 5.73 Å². The van der Waals surface area contributed by atoms with Crippen LogP contribution in [0.1, 0.15) is 46.0 Å². The molecule has 0 aromatic carbocycles. The van der Waals surface area contributed by atoms with Crippen molar-refractivity contribution in [3.63, 3.8) is 0 Å². The van der Waals surface area contributed by atoms with E-state index in [2.05, 4.69) is 16.7 Å². The van der Waals surface area contributed by atoms with Gasteiger partial charge in [-0.2, -0.15) is 0 Å². The van der Waals surface area contributed by atoms with Crippen LogP contribution in [0, 0.1) is 0 Å². The number of likely N-dealkylation sites (tertiary alicyclic amines) is 1. The Morgan fingerprint density at radius 3 is 2.34 bits per heavy atom. The number of nitrogens with zero attached hydrogens (tertiary/aromatic N) is 4. The Labute approximate surface area is 175 Å². The fourth-order valence-corrected chi connectivity index (χ4v) is 4.74. The Bertz CT molecular complexity index is 557. The molecule has 0 saturated carbocycles. The number of amides is 2. The van der Waals surface area contributed by atoms with Gasteiger partial charge in [0.2, 0.25) is 5.91 Å². The zero-order valence-corrected chi connectivity index (χ0v) is 18.3. The molecule has 3 aliphatic heterocycles. The van der Waals surface area contributed by atoms with Crippen molar-refractivity contribution in [2.75, 3.05) is 65.4 Å². The van der Waals surface area contributed by atoms with Crippen molar-refractivity contribution in [1.82, 2.24) is 19.6 Å². The SMILES string of the molecule is CCC[C@H](N)C(=O)N1CCC2(CC1)CN(CCCN1CCN(CC)CC1)C(=O)O2. The van der Waals surface area contributed by atoms with Gasteiger partial charge in [0.15, 0.2) is 0 Å². The third kappa shape index (κ3) is 5.61. The minimum atomic E-state index is -0.421. The lowest BCUT2D eigenvalue weighted by atomic mass is 9.91. The molecule has 3 aliphatic rings. The minimum Gasteiger partial charge on any atom is -0.441 e. The first kappa shape index (κ1) is 22.3. The number of carbonyl (C=O) groups excluding carboxylic acids is 2. The Morgan fingerprint density at radius 1 is 1.07 bits per heavy atom. The van der Waals surface area contributed by atoms with Gasteiger partial charge in [-0.3, -0.25) is 4.79 Å². The van der Waals surface area contributed by atoms with Crippen LogP contribution >= 0.6 is 0 Å². The molecule has 1 atom stereocenters. The molecule has 2 amide bonds. The number of likely N-dealkylation sites (N-methyl/N-ethyl adjacent to an activating group) is 1. The standard InChI is InChI=1S/C21H39N5O3/c1-3-6-18(22)19(27)25-11-7-21(8-12-25)17-26(20(28)29-21)10-5-9-24-15-13-23(4-2)14-16-24/h18H,3-17,22H2,1-2H3/t18-/m0/s1. The molecule has 0 aromatic rings. The van der Waals surface area contributed by atoms with Crippen molar-refractivity contribution in [1.29, 1.82) is 0 Å². The summed E-state index contributed by atoms with van der Waals surface area (Å²) in [5.41, 5.74) is 5.57. The zero-order valence-electron chi connectivity index (χ0n) is 18.3. The van der Waals surface area contributed by atoms with Crippen LogP contribution < -0.4 is 5.73 Å². The molecule has 0 bridgehead atoms. The number of ether oxygens (including phenoxy) is 1. The van der Waals surface area contributed by atoms with Gasteiger partial charge in [0.1, 0.15) is 5.60 Å². The van der Waals surface area contributed by atoms with E-state index in [4.69, 9.17) is 10.5 Å². The van der Waals surface area contributed by atoms with Gasteiger partial charge in [-0.05, 0) is 25.9 Å². The average Bonchev–Trinajstić information content (AvgIpc) is 3.03. The van der Waals surface area contributed by atoms with E-state index in [0.717, 1.165) is 65.1 Å². The number of hydrogen-bond acceptors (Lipinski definition) is 6. The number of nitrogens with two attached hydrogens (primary N) is 1. The van der Waals surface area contributed by atoms with Crippen molar-refractivity contribution in [3.8, 4) is 0 Å².